The topological polar surface area (TPSA) is 67.8 Å². The molecular weight excluding hydrogens is 457 g/mol. The monoisotopic (exact) mass is 482 g/mol. The van der Waals surface area contributed by atoms with Gasteiger partial charge in [0.15, 0.2) is 0 Å². The van der Waals surface area contributed by atoms with Crippen molar-refractivity contribution in [3.63, 3.8) is 0 Å². The SMILES string of the molecule is C[C@@H](C[N+]1(COC(=O)Cc2ccccc2Nc2c(Cl)cccc2Cl)CCCC1)SN=O. The number of benzene rings is 2. The highest BCUT2D eigenvalue weighted by atomic mass is 35.5. The van der Waals surface area contributed by atoms with Crippen LogP contribution < -0.4 is 5.32 Å². The molecule has 1 heterocycles. The highest BCUT2D eigenvalue weighted by Crippen LogP contribution is 2.33. The second-order valence-electron chi connectivity index (χ2n) is 7.87. The molecule has 3 rings (SSSR count). The van der Waals surface area contributed by atoms with Crippen LogP contribution in [-0.4, -0.2) is 42.1 Å². The third-order valence-electron chi connectivity index (χ3n) is 5.46. The van der Waals surface area contributed by atoms with Crippen molar-refractivity contribution in [2.45, 2.75) is 31.4 Å². The van der Waals surface area contributed by atoms with Crippen molar-refractivity contribution >= 4 is 52.5 Å². The molecule has 31 heavy (non-hydrogen) atoms. The molecule has 1 aliphatic heterocycles. The quantitative estimate of drug-likeness (QED) is 0.189. The van der Waals surface area contributed by atoms with E-state index in [1.165, 1.54) is 0 Å². The number of rotatable bonds is 10. The van der Waals surface area contributed by atoms with Crippen molar-refractivity contribution in [2.75, 3.05) is 31.7 Å². The molecule has 1 aliphatic rings. The normalized spacial score (nSPS) is 16.0. The zero-order valence-electron chi connectivity index (χ0n) is 17.4. The first-order valence-corrected chi connectivity index (χ1v) is 11.8. The zero-order valence-corrected chi connectivity index (χ0v) is 19.7. The van der Waals surface area contributed by atoms with Crippen LogP contribution in [0.3, 0.4) is 0 Å². The van der Waals surface area contributed by atoms with E-state index >= 15 is 0 Å². The van der Waals surface area contributed by atoms with Gasteiger partial charge >= 0.3 is 5.97 Å². The zero-order chi connectivity index (χ0) is 22.3. The fraction of sp³-hybridized carbons (Fsp3) is 0.409. The average molecular weight is 483 g/mol. The molecule has 6 nitrogen and oxygen atoms in total. The molecule has 0 saturated carbocycles. The van der Waals surface area contributed by atoms with E-state index in [1.54, 1.807) is 18.2 Å². The standard InChI is InChI=1S/C22H26Cl2N3O3S/c1-16(31-26-29)14-27(11-4-5-12-27)15-30-21(28)13-17-7-2-3-10-20(17)25-22-18(23)8-6-9-19(22)24/h2-3,6-10,16,25H,4-5,11-15H2,1H3/q+1/t16-/m0/s1. The number of esters is 1. The number of hydrogen-bond acceptors (Lipinski definition) is 6. The van der Waals surface area contributed by atoms with Crippen molar-refractivity contribution in [3.05, 3.63) is 63.0 Å². The summed E-state index contributed by atoms with van der Waals surface area (Å²) in [6.07, 6.45) is 2.31. The van der Waals surface area contributed by atoms with Crippen LogP contribution in [0.15, 0.2) is 47.0 Å². The molecule has 0 aromatic heterocycles. The Kier molecular flexibility index (Phi) is 8.60. The Morgan fingerprint density at radius 3 is 2.52 bits per heavy atom. The van der Waals surface area contributed by atoms with Crippen molar-refractivity contribution < 1.29 is 14.0 Å². The maximum absolute atomic E-state index is 12.7. The van der Waals surface area contributed by atoms with E-state index in [-0.39, 0.29) is 17.6 Å². The van der Waals surface area contributed by atoms with Crippen molar-refractivity contribution in [2.24, 2.45) is 4.58 Å². The summed E-state index contributed by atoms with van der Waals surface area (Å²) in [7, 11) is 0. The number of nitrogens with zero attached hydrogens (tertiary/aromatic N) is 2. The minimum absolute atomic E-state index is 0.0830. The molecule has 166 valence electrons. The molecule has 0 spiro atoms. The second kappa shape index (κ2) is 11.2. The Bertz CT molecular complexity index is 902. The average Bonchev–Trinajstić information content (AvgIpc) is 3.19. The van der Waals surface area contributed by atoms with E-state index in [0.29, 0.717) is 26.9 Å². The molecule has 9 heteroatoms. The molecule has 1 atom stereocenters. The number of halogens is 2. The molecule has 2 aromatic rings. The molecule has 0 amide bonds. The second-order valence-corrected chi connectivity index (χ2v) is 9.85. The van der Waals surface area contributed by atoms with Gasteiger partial charge in [0, 0.05) is 35.1 Å². The van der Waals surface area contributed by atoms with Crippen LogP contribution in [0, 0.1) is 4.91 Å². The van der Waals surface area contributed by atoms with Gasteiger partial charge in [-0.2, -0.15) is 0 Å². The summed E-state index contributed by atoms with van der Waals surface area (Å²) in [4.78, 5) is 23.2. The number of nitroso groups, excluding NO2 is 1. The number of likely N-dealkylation sites (tertiary alicyclic amines) is 1. The number of ether oxygens (including phenoxy) is 1. The highest BCUT2D eigenvalue weighted by molar-refractivity contribution is 7.98. The number of hydrogen-bond donors (Lipinski definition) is 1. The molecule has 1 saturated heterocycles. The van der Waals surface area contributed by atoms with Crippen LogP contribution in [-0.2, 0) is 16.0 Å². The van der Waals surface area contributed by atoms with Crippen molar-refractivity contribution in [3.8, 4) is 0 Å². The summed E-state index contributed by atoms with van der Waals surface area (Å²) >= 11 is 13.6. The predicted molar refractivity (Wildman–Crippen MR) is 128 cm³/mol. The Morgan fingerprint density at radius 1 is 1.16 bits per heavy atom. The van der Waals surface area contributed by atoms with Gasteiger partial charge in [-0.05, 0) is 30.7 Å². The first-order chi connectivity index (χ1) is 14.9. The minimum atomic E-state index is -0.294. The lowest BCUT2D eigenvalue weighted by molar-refractivity contribution is -0.932. The van der Waals surface area contributed by atoms with Crippen LogP contribution in [0.25, 0.3) is 0 Å². The fourth-order valence-electron chi connectivity index (χ4n) is 3.99. The lowest BCUT2D eigenvalue weighted by Gasteiger charge is -2.34. The third-order valence-corrected chi connectivity index (χ3v) is 6.68. The van der Waals surface area contributed by atoms with Gasteiger partial charge in [-0.3, -0.25) is 9.28 Å². The highest BCUT2D eigenvalue weighted by Gasteiger charge is 2.35. The fourth-order valence-corrected chi connectivity index (χ4v) is 5.01. The first-order valence-electron chi connectivity index (χ1n) is 10.2. The van der Waals surface area contributed by atoms with Crippen LogP contribution in [0.4, 0.5) is 11.4 Å². The largest absolute Gasteiger partial charge is 0.415 e. The Labute approximate surface area is 196 Å². The number of anilines is 2. The van der Waals surface area contributed by atoms with Gasteiger partial charge in [0.25, 0.3) is 0 Å². The summed E-state index contributed by atoms with van der Waals surface area (Å²) < 4.78 is 9.32. The number of carbonyl (C=O) groups is 1. The number of carbonyl (C=O) groups excluding carboxylic acids is 1. The van der Waals surface area contributed by atoms with E-state index < -0.39 is 0 Å². The Hall–Kier alpha value is -1.80. The first kappa shape index (κ1) is 23.9. The van der Waals surface area contributed by atoms with Crippen LogP contribution in [0.1, 0.15) is 25.3 Å². The summed E-state index contributed by atoms with van der Waals surface area (Å²) in [5, 5.41) is 4.33. The van der Waals surface area contributed by atoms with Gasteiger partial charge in [-0.1, -0.05) is 47.5 Å². The number of quaternary nitrogens is 1. The summed E-state index contributed by atoms with van der Waals surface area (Å²) in [6, 6.07) is 12.8. The maximum atomic E-state index is 12.7. The van der Waals surface area contributed by atoms with E-state index in [1.807, 2.05) is 31.2 Å². The molecular formula is C22H26Cl2N3O3S+. The predicted octanol–water partition coefficient (Wildman–Crippen LogP) is 6.19. The van der Waals surface area contributed by atoms with Crippen LogP contribution in [0.5, 0.6) is 0 Å². The van der Waals surface area contributed by atoms with Gasteiger partial charge in [-0.15, -0.1) is 4.91 Å². The molecule has 0 radical (unpaired) electrons. The Morgan fingerprint density at radius 2 is 1.84 bits per heavy atom. The van der Waals surface area contributed by atoms with E-state index in [2.05, 4.69) is 9.90 Å². The summed E-state index contributed by atoms with van der Waals surface area (Å²) in [5.74, 6) is -0.294. The molecule has 2 aromatic carbocycles. The van der Waals surface area contributed by atoms with Gasteiger partial charge in [0.2, 0.25) is 6.73 Å². The summed E-state index contributed by atoms with van der Waals surface area (Å²) in [6.45, 7) is 4.94. The van der Waals surface area contributed by atoms with Crippen LogP contribution in [0.2, 0.25) is 10.0 Å². The van der Waals surface area contributed by atoms with Crippen molar-refractivity contribution in [1.29, 1.82) is 0 Å². The van der Waals surface area contributed by atoms with Gasteiger partial charge in [0.1, 0.15) is 0 Å². The number of para-hydroxylation sites is 2. The molecule has 0 bridgehead atoms. The molecule has 1 fully saturated rings. The lowest BCUT2D eigenvalue weighted by Crippen LogP contribution is -2.50. The minimum Gasteiger partial charge on any atom is -0.415 e. The van der Waals surface area contributed by atoms with E-state index in [9.17, 15) is 9.70 Å². The molecule has 0 aliphatic carbocycles. The lowest BCUT2D eigenvalue weighted by atomic mass is 10.1. The Balaban J connectivity index is 1.65. The number of nitrogens with one attached hydrogen (secondary N) is 1. The van der Waals surface area contributed by atoms with E-state index in [4.69, 9.17) is 27.9 Å². The smallest absolute Gasteiger partial charge is 0.314 e. The summed E-state index contributed by atoms with van der Waals surface area (Å²) in [5.41, 5.74) is 2.15. The van der Waals surface area contributed by atoms with Gasteiger partial charge in [0.05, 0.1) is 47.0 Å². The van der Waals surface area contributed by atoms with Gasteiger partial charge < -0.3 is 10.1 Å². The maximum Gasteiger partial charge on any atom is 0.314 e. The molecule has 1 N–H and O–H groups in total. The van der Waals surface area contributed by atoms with Crippen LogP contribution >= 0.6 is 35.1 Å². The molecule has 0 unspecified atom stereocenters. The van der Waals surface area contributed by atoms with Gasteiger partial charge in [-0.25, -0.2) is 0 Å². The van der Waals surface area contributed by atoms with Crippen molar-refractivity contribution in [1.82, 2.24) is 0 Å². The van der Waals surface area contributed by atoms with E-state index in [0.717, 1.165) is 55.7 Å². The third kappa shape index (κ3) is 6.59.